The van der Waals surface area contributed by atoms with E-state index in [2.05, 4.69) is 24.3 Å². The number of hydrogen-bond acceptors (Lipinski definition) is 7. The molecular formula is C43H22N8. The van der Waals surface area contributed by atoms with Crippen LogP contribution in [-0.4, -0.2) is 19.5 Å². The minimum Gasteiger partial charge on any atom is -0.277 e. The highest BCUT2D eigenvalue weighted by atomic mass is 15.2. The van der Waals surface area contributed by atoms with Gasteiger partial charge in [0.25, 0.3) is 0 Å². The molecule has 0 radical (unpaired) electrons. The summed E-state index contributed by atoms with van der Waals surface area (Å²) in [5.41, 5.74) is 6.43. The van der Waals surface area contributed by atoms with Crippen LogP contribution in [0.1, 0.15) is 22.3 Å². The second-order valence-corrected chi connectivity index (χ2v) is 11.7. The van der Waals surface area contributed by atoms with Crippen molar-refractivity contribution in [3.05, 3.63) is 156 Å². The molecule has 8 aromatic rings. The molecule has 0 aliphatic heterocycles. The molecule has 0 atom stereocenters. The Morgan fingerprint density at radius 3 is 1.14 bits per heavy atom. The van der Waals surface area contributed by atoms with E-state index >= 15 is 0 Å². The topological polar surface area (TPSA) is 139 Å². The molecule has 0 aliphatic rings. The zero-order valence-corrected chi connectivity index (χ0v) is 26.8. The number of nitrogens with zero attached hydrogens (tertiary/aromatic N) is 8. The largest absolute Gasteiger partial charge is 0.277 e. The van der Waals surface area contributed by atoms with Crippen molar-refractivity contribution in [2.75, 3.05) is 0 Å². The molecule has 0 N–H and O–H groups in total. The fraction of sp³-hybridized carbons (Fsp3) is 0. The maximum Gasteiger partial charge on any atom is 0.238 e. The minimum atomic E-state index is 0.281. The number of benzene rings is 6. The van der Waals surface area contributed by atoms with Crippen LogP contribution in [0.4, 0.5) is 0 Å². The van der Waals surface area contributed by atoms with Crippen LogP contribution in [0.25, 0.3) is 72.8 Å². The van der Waals surface area contributed by atoms with E-state index < -0.39 is 0 Å². The predicted octanol–water partition coefficient (Wildman–Crippen LogP) is 9.12. The average molecular weight is 651 g/mol. The molecule has 0 aliphatic carbocycles. The third kappa shape index (κ3) is 5.02. The Hall–Kier alpha value is -7.91. The molecule has 0 bridgehead atoms. The molecule has 6 aromatic carbocycles. The lowest BCUT2D eigenvalue weighted by molar-refractivity contribution is 0.954. The maximum atomic E-state index is 10.3. The monoisotopic (exact) mass is 650 g/mol. The van der Waals surface area contributed by atoms with Gasteiger partial charge in [0.1, 0.15) is 0 Å². The average Bonchev–Trinajstić information content (AvgIpc) is 3.55. The summed E-state index contributed by atoms with van der Waals surface area (Å²) in [6.07, 6.45) is 0. The molecule has 0 fully saturated rings. The van der Waals surface area contributed by atoms with Crippen molar-refractivity contribution >= 4 is 21.8 Å². The highest BCUT2D eigenvalue weighted by Gasteiger charge is 2.26. The number of rotatable bonds is 5. The Labute approximate surface area is 292 Å². The first-order valence-electron chi connectivity index (χ1n) is 16.0. The van der Waals surface area contributed by atoms with Gasteiger partial charge >= 0.3 is 0 Å². The van der Waals surface area contributed by atoms with E-state index in [0.717, 1.165) is 21.9 Å². The first kappa shape index (κ1) is 30.4. The summed E-state index contributed by atoms with van der Waals surface area (Å²) in [6.45, 7) is 0. The molecule has 0 saturated heterocycles. The molecule has 234 valence electrons. The molecular weight excluding hydrogens is 629 g/mol. The van der Waals surface area contributed by atoms with Crippen LogP contribution in [-0.2, 0) is 0 Å². The van der Waals surface area contributed by atoms with Gasteiger partial charge in [0.15, 0.2) is 11.6 Å². The van der Waals surface area contributed by atoms with Crippen molar-refractivity contribution in [2.24, 2.45) is 0 Å². The van der Waals surface area contributed by atoms with Gasteiger partial charge in [0, 0.05) is 44.2 Å². The predicted molar refractivity (Wildman–Crippen MR) is 195 cm³/mol. The number of aromatic nitrogens is 4. The third-order valence-electron chi connectivity index (χ3n) is 8.85. The zero-order valence-electron chi connectivity index (χ0n) is 26.8. The van der Waals surface area contributed by atoms with Crippen LogP contribution in [0.15, 0.2) is 133 Å². The molecule has 8 nitrogen and oxygen atoms in total. The van der Waals surface area contributed by atoms with E-state index in [1.807, 2.05) is 102 Å². The number of nitriles is 4. The Balaban J connectivity index is 1.61. The van der Waals surface area contributed by atoms with Crippen molar-refractivity contribution < 1.29 is 0 Å². The van der Waals surface area contributed by atoms with Gasteiger partial charge in [-0.25, -0.2) is 4.98 Å². The second kappa shape index (κ2) is 12.6. The first-order chi connectivity index (χ1) is 25.1. The van der Waals surface area contributed by atoms with E-state index in [-0.39, 0.29) is 5.95 Å². The van der Waals surface area contributed by atoms with E-state index in [1.54, 1.807) is 36.4 Å². The quantitative estimate of drug-likeness (QED) is 0.181. The lowest BCUT2D eigenvalue weighted by Crippen LogP contribution is -2.08. The first-order valence-corrected chi connectivity index (χ1v) is 16.0. The Morgan fingerprint density at radius 1 is 0.392 bits per heavy atom. The highest BCUT2D eigenvalue weighted by molar-refractivity contribution is 6.18. The maximum absolute atomic E-state index is 10.3. The highest BCUT2D eigenvalue weighted by Crippen LogP contribution is 2.44. The Kier molecular flexibility index (Phi) is 7.52. The van der Waals surface area contributed by atoms with Crippen molar-refractivity contribution in [3.8, 4) is 75.3 Å². The molecule has 2 heterocycles. The fourth-order valence-corrected chi connectivity index (χ4v) is 6.67. The molecule has 0 amide bonds. The van der Waals surface area contributed by atoms with Crippen LogP contribution in [0, 0.1) is 45.3 Å². The van der Waals surface area contributed by atoms with Gasteiger partial charge in [-0.2, -0.15) is 31.0 Å². The van der Waals surface area contributed by atoms with Gasteiger partial charge in [-0.15, -0.1) is 0 Å². The summed E-state index contributed by atoms with van der Waals surface area (Å²) in [4.78, 5) is 15.1. The lowest BCUT2D eigenvalue weighted by Gasteiger charge is -2.16. The van der Waals surface area contributed by atoms with Crippen LogP contribution >= 0.6 is 0 Å². The second-order valence-electron chi connectivity index (χ2n) is 11.7. The van der Waals surface area contributed by atoms with Crippen molar-refractivity contribution in [1.29, 1.82) is 21.0 Å². The van der Waals surface area contributed by atoms with Crippen LogP contribution < -0.4 is 0 Å². The summed E-state index contributed by atoms with van der Waals surface area (Å²) in [7, 11) is 0. The molecule has 2 aromatic heterocycles. The smallest absolute Gasteiger partial charge is 0.238 e. The van der Waals surface area contributed by atoms with Gasteiger partial charge in [-0.1, -0.05) is 109 Å². The summed E-state index contributed by atoms with van der Waals surface area (Å²) in [5.74, 6) is 1.16. The number of fused-ring (bicyclic) bond motifs is 3. The summed E-state index contributed by atoms with van der Waals surface area (Å²) in [5, 5.41) is 42.7. The zero-order chi connectivity index (χ0) is 34.9. The normalized spacial score (nSPS) is 10.7. The molecule has 0 unspecified atom stereocenters. The summed E-state index contributed by atoms with van der Waals surface area (Å²) >= 11 is 0. The van der Waals surface area contributed by atoms with Crippen molar-refractivity contribution in [3.63, 3.8) is 0 Å². The minimum absolute atomic E-state index is 0.281. The van der Waals surface area contributed by atoms with Gasteiger partial charge in [-0.3, -0.25) is 4.57 Å². The Bertz CT molecular complexity index is 2590. The molecule has 0 saturated carbocycles. The van der Waals surface area contributed by atoms with Gasteiger partial charge in [0.2, 0.25) is 5.95 Å². The Morgan fingerprint density at radius 2 is 0.765 bits per heavy atom. The van der Waals surface area contributed by atoms with E-state index in [4.69, 9.17) is 15.0 Å². The van der Waals surface area contributed by atoms with Crippen LogP contribution in [0.3, 0.4) is 0 Å². The fourth-order valence-electron chi connectivity index (χ4n) is 6.67. The van der Waals surface area contributed by atoms with Gasteiger partial charge in [-0.05, 0) is 24.3 Å². The standard InChI is InChI=1S/C43H22N8/c44-23-29-15-7-16-30(24-45)37(29)35-21-9-19-33-34-20-10-22-36(38-31(25-46)17-8-18-32(38)26-47)40(34)51(39(33)35)43-49-41(27-11-3-1-4-12-27)48-42(50-43)28-13-5-2-6-14-28/h1-22H. The van der Waals surface area contributed by atoms with Gasteiger partial charge < -0.3 is 0 Å². The summed E-state index contributed by atoms with van der Waals surface area (Å²) in [6, 6.07) is 50.1. The number of hydrogen-bond donors (Lipinski definition) is 0. The third-order valence-corrected chi connectivity index (χ3v) is 8.85. The molecule has 51 heavy (non-hydrogen) atoms. The van der Waals surface area contributed by atoms with E-state index in [0.29, 0.717) is 67.2 Å². The van der Waals surface area contributed by atoms with Crippen molar-refractivity contribution in [1.82, 2.24) is 19.5 Å². The molecule has 8 heteroatoms. The van der Waals surface area contributed by atoms with E-state index in [1.165, 1.54) is 0 Å². The SMILES string of the molecule is N#Cc1cccc(C#N)c1-c1cccc2c3cccc(-c4c(C#N)cccc4C#N)c3n(-c3nc(-c4ccccc4)nc(-c4ccccc4)n3)c12. The number of para-hydroxylation sites is 2. The molecule has 8 rings (SSSR count). The van der Waals surface area contributed by atoms with Crippen LogP contribution in [0.2, 0.25) is 0 Å². The molecule has 0 spiro atoms. The lowest BCUT2D eigenvalue weighted by atomic mass is 9.93. The van der Waals surface area contributed by atoms with Crippen molar-refractivity contribution in [2.45, 2.75) is 0 Å². The summed E-state index contributed by atoms with van der Waals surface area (Å²) < 4.78 is 1.92. The van der Waals surface area contributed by atoms with Gasteiger partial charge in [0.05, 0.1) is 57.6 Å². The van der Waals surface area contributed by atoms with Crippen LogP contribution in [0.5, 0.6) is 0 Å². The van der Waals surface area contributed by atoms with E-state index in [9.17, 15) is 21.0 Å².